The molecule has 27 heavy (non-hydrogen) atoms. The summed E-state index contributed by atoms with van der Waals surface area (Å²) in [4.78, 5) is 24.6. The van der Waals surface area contributed by atoms with Crippen LogP contribution < -0.4 is 15.5 Å². The first-order valence-corrected chi connectivity index (χ1v) is 10.6. The summed E-state index contributed by atoms with van der Waals surface area (Å²) in [5.41, 5.74) is 1.10. The van der Waals surface area contributed by atoms with E-state index < -0.39 is 22.1 Å². The van der Waals surface area contributed by atoms with Gasteiger partial charge in [0.1, 0.15) is 0 Å². The maximum atomic E-state index is 12.8. The van der Waals surface area contributed by atoms with Gasteiger partial charge in [0.25, 0.3) is 5.91 Å². The highest BCUT2D eigenvalue weighted by atomic mass is 32.2. The number of piperazine rings is 1. The van der Waals surface area contributed by atoms with Crippen LogP contribution in [0, 0.1) is 0 Å². The molecular weight excluding hydrogens is 368 g/mol. The number of hydrogen-bond acceptors (Lipinski definition) is 4. The van der Waals surface area contributed by atoms with Gasteiger partial charge in [-0.3, -0.25) is 10.1 Å². The van der Waals surface area contributed by atoms with Crippen LogP contribution in [0.5, 0.6) is 0 Å². The minimum Gasteiger partial charge on any atom is -0.341 e. The van der Waals surface area contributed by atoms with Crippen molar-refractivity contribution in [2.24, 2.45) is 0 Å². The third-order valence-corrected chi connectivity index (χ3v) is 6.93. The summed E-state index contributed by atoms with van der Waals surface area (Å²) in [6, 6.07) is 6.04. The van der Waals surface area contributed by atoms with Gasteiger partial charge in [0.2, 0.25) is 10.0 Å². The maximum Gasteiger partial charge on any atom is 0.321 e. The quantitative estimate of drug-likeness (QED) is 0.626. The highest BCUT2D eigenvalue weighted by Gasteiger charge is 2.34. The average Bonchev–Trinajstić information content (AvgIpc) is 2.67. The smallest absolute Gasteiger partial charge is 0.321 e. The van der Waals surface area contributed by atoms with Crippen LogP contribution in [0.25, 0.3) is 0 Å². The lowest BCUT2D eigenvalue weighted by molar-refractivity contribution is -0.917. The molecule has 3 N–H and O–H groups in total. The molecule has 0 aliphatic carbocycles. The van der Waals surface area contributed by atoms with Crippen molar-refractivity contribution in [3.8, 4) is 0 Å². The Bertz CT molecular complexity index is 769. The number of quaternary nitrogens is 1. The van der Waals surface area contributed by atoms with E-state index in [2.05, 4.69) is 24.5 Å². The molecule has 1 atom stereocenters. The molecular formula is C18H29N4O4S+. The zero-order chi connectivity index (χ0) is 20.2. The minimum atomic E-state index is -3.54. The van der Waals surface area contributed by atoms with Crippen LogP contribution in [0.4, 0.5) is 4.79 Å². The van der Waals surface area contributed by atoms with Gasteiger partial charge in [-0.2, -0.15) is 4.31 Å². The van der Waals surface area contributed by atoms with E-state index in [9.17, 15) is 18.0 Å². The summed E-state index contributed by atoms with van der Waals surface area (Å²) in [6.45, 7) is 7.54. The fourth-order valence-electron chi connectivity index (χ4n) is 3.09. The molecule has 1 heterocycles. The van der Waals surface area contributed by atoms with Gasteiger partial charge in [0, 0.05) is 7.05 Å². The number of rotatable bonds is 5. The largest absolute Gasteiger partial charge is 0.341 e. The highest BCUT2D eigenvalue weighted by Crippen LogP contribution is 2.20. The summed E-state index contributed by atoms with van der Waals surface area (Å²) < 4.78 is 27.2. The molecule has 1 aliphatic rings. The molecule has 2 rings (SSSR count). The van der Waals surface area contributed by atoms with E-state index in [0.29, 0.717) is 37.0 Å². The van der Waals surface area contributed by atoms with E-state index in [-0.39, 0.29) is 5.91 Å². The number of nitrogens with one attached hydrogen (secondary N) is 3. The SMILES string of the molecule is CNC(=O)NC(=O)[C@H](C)[NH+]1CCN(S(=O)(=O)c2ccc(C(C)C)cc2)CC1. The summed E-state index contributed by atoms with van der Waals surface area (Å²) >= 11 is 0. The number of hydrogen-bond donors (Lipinski definition) is 3. The molecule has 1 aromatic carbocycles. The summed E-state index contributed by atoms with van der Waals surface area (Å²) in [5.74, 6) is -0.0266. The van der Waals surface area contributed by atoms with Gasteiger partial charge in [0.15, 0.2) is 6.04 Å². The van der Waals surface area contributed by atoms with Crippen molar-refractivity contribution in [2.75, 3.05) is 33.2 Å². The first-order valence-electron chi connectivity index (χ1n) is 9.14. The second kappa shape index (κ2) is 8.81. The van der Waals surface area contributed by atoms with Crippen molar-refractivity contribution in [3.63, 3.8) is 0 Å². The summed E-state index contributed by atoms with van der Waals surface area (Å²) in [6.07, 6.45) is 0. The fourth-order valence-corrected chi connectivity index (χ4v) is 4.53. The van der Waals surface area contributed by atoms with Crippen molar-refractivity contribution in [1.82, 2.24) is 14.9 Å². The normalized spacial score (nSPS) is 17.5. The van der Waals surface area contributed by atoms with E-state index in [4.69, 9.17) is 0 Å². The third-order valence-electron chi connectivity index (χ3n) is 5.02. The molecule has 150 valence electrons. The molecule has 1 saturated heterocycles. The molecule has 0 saturated carbocycles. The Morgan fingerprint density at radius 1 is 1.07 bits per heavy atom. The van der Waals surface area contributed by atoms with Gasteiger partial charge in [-0.1, -0.05) is 26.0 Å². The Labute approximate surface area is 161 Å². The number of nitrogens with zero attached hydrogens (tertiary/aromatic N) is 1. The fraction of sp³-hybridized carbons (Fsp3) is 0.556. The van der Waals surface area contributed by atoms with E-state index in [1.165, 1.54) is 11.4 Å². The van der Waals surface area contributed by atoms with E-state index in [0.717, 1.165) is 10.5 Å². The monoisotopic (exact) mass is 397 g/mol. The molecule has 1 fully saturated rings. The molecule has 3 amide bonds. The van der Waals surface area contributed by atoms with E-state index >= 15 is 0 Å². The Morgan fingerprint density at radius 3 is 2.11 bits per heavy atom. The topological polar surface area (TPSA) is 100 Å². The molecule has 0 unspecified atom stereocenters. The lowest BCUT2D eigenvalue weighted by Crippen LogP contribution is -3.19. The predicted molar refractivity (Wildman–Crippen MR) is 102 cm³/mol. The summed E-state index contributed by atoms with van der Waals surface area (Å²) in [5, 5.41) is 4.61. The zero-order valence-corrected chi connectivity index (χ0v) is 17.1. The van der Waals surface area contributed by atoms with Crippen LogP contribution in [0.2, 0.25) is 0 Å². The zero-order valence-electron chi connectivity index (χ0n) is 16.3. The number of imide groups is 1. The molecule has 0 radical (unpaired) electrons. The van der Waals surface area contributed by atoms with Gasteiger partial charge in [0.05, 0.1) is 31.1 Å². The second-order valence-corrected chi connectivity index (χ2v) is 9.01. The third kappa shape index (κ3) is 5.06. The predicted octanol–water partition coefficient (Wildman–Crippen LogP) is -0.457. The Hall–Kier alpha value is -1.97. The van der Waals surface area contributed by atoms with Crippen LogP contribution in [0.3, 0.4) is 0 Å². The lowest BCUT2D eigenvalue weighted by Gasteiger charge is -2.34. The number of amides is 3. The number of benzene rings is 1. The standard InChI is InChI=1S/C18H28N4O4S/c1-13(2)15-5-7-16(8-6-15)27(25,26)22-11-9-21(10-12-22)14(3)17(23)20-18(24)19-4/h5-8,13-14H,9-12H2,1-4H3,(H2,19,20,23,24)/p+1/t14-/m0/s1. The van der Waals surface area contributed by atoms with Gasteiger partial charge in [-0.25, -0.2) is 13.2 Å². The van der Waals surface area contributed by atoms with Gasteiger partial charge in [-0.05, 0) is 30.5 Å². The molecule has 1 aliphatic heterocycles. The summed E-state index contributed by atoms with van der Waals surface area (Å²) in [7, 11) is -2.10. The van der Waals surface area contributed by atoms with Crippen molar-refractivity contribution in [3.05, 3.63) is 29.8 Å². The minimum absolute atomic E-state index is 0.292. The van der Waals surface area contributed by atoms with Crippen molar-refractivity contribution in [2.45, 2.75) is 37.6 Å². The molecule has 9 heteroatoms. The first-order chi connectivity index (χ1) is 12.7. The Balaban J connectivity index is 1.99. The van der Waals surface area contributed by atoms with Crippen LogP contribution in [-0.4, -0.2) is 63.9 Å². The van der Waals surface area contributed by atoms with Crippen molar-refractivity contribution in [1.29, 1.82) is 0 Å². The molecule has 8 nitrogen and oxygen atoms in total. The number of carbonyl (C=O) groups excluding carboxylic acids is 2. The average molecular weight is 398 g/mol. The number of carbonyl (C=O) groups is 2. The van der Waals surface area contributed by atoms with Crippen molar-refractivity contribution < 1.29 is 22.9 Å². The highest BCUT2D eigenvalue weighted by molar-refractivity contribution is 7.89. The van der Waals surface area contributed by atoms with Gasteiger partial charge >= 0.3 is 6.03 Å². The maximum absolute atomic E-state index is 12.8. The van der Waals surface area contributed by atoms with Crippen LogP contribution in [0.15, 0.2) is 29.2 Å². The van der Waals surface area contributed by atoms with Crippen LogP contribution in [0.1, 0.15) is 32.3 Å². The Kier molecular flexibility index (Phi) is 6.96. The first kappa shape index (κ1) is 21.3. The molecule has 0 bridgehead atoms. The van der Waals surface area contributed by atoms with Crippen LogP contribution >= 0.6 is 0 Å². The van der Waals surface area contributed by atoms with Gasteiger partial charge in [-0.15, -0.1) is 0 Å². The second-order valence-electron chi connectivity index (χ2n) is 7.08. The van der Waals surface area contributed by atoms with Gasteiger partial charge < -0.3 is 10.2 Å². The van der Waals surface area contributed by atoms with Crippen LogP contribution in [-0.2, 0) is 14.8 Å². The lowest BCUT2D eigenvalue weighted by atomic mass is 10.0. The van der Waals surface area contributed by atoms with E-state index in [1.807, 2.05) is 12.1 Å². The van der Waals surface area contributed by atoms with E-state index in [1.54, 1.807) is 19.1 Å². The molecule has 0 aromatic heterocycles. The molecule has 0 spiro atoms. The Morgan fingerprint density at radius 2 is 1.63 bits per heavy atom. The molecule has 1 aromatic rings. The number of urea groups is 1. The number of sulfonamides is 1. The van der Waals surface area contributed by atoms with Crippen molar-refractivity contribution >= 4 is 22.0 Å².